The van der Waals surface area contributed by atoms with Crippen LogP contribution in [0.5, 0.6) is 0 Å². The predicted octanol–water partition coefficient (Wildman–Crippen LogP) is 3.54. The molecule has 0 aliphatic carbocycles. The minimum absolute atomic E-state index is 0.144. The summed E-state index contributed by atoms with van der Waals surface area (Å²) in [6, 6.07) is 9.34. The van der Waals surface area contributed by atoms with E-state index in [0.29, 0.717) is 23.6 Å². The maximum Gasteiger partial charge on any atom is 0.339 e. The molecule has 1 amide bonds. The smallest absolute Gasteiger partial charge is 0.339 e. The number of rotatable bonds is 4. The molecule has 0 radical (unpaired) electrons. The number of carbonyl (C=O) groups excluding carboxylic acids is 1. The maximum atomic E-state index is 12.2. The lowest BCUT2D eigenvalue weighted by Gasteiger charge is -2.10. The molecule has 2 N–H and O–H groups in total. The molecule has 6 heteroatoms. The lowest BCUT2D eigenvalue weighted by Crippen LogP contribution is -2.27. The number of aromatic carboxylic acids is 1. The first-order valence-electron chi connectivity index (χ1n) is 7.42. The Morgan fingerprint density at radius 1 is 1.30 bits per heavy atom. The van der Waals surface area contributed by atoms with E-state index >= 15 is 0 Å². The normalized spacial score (nSPS) is 17.2. The van der Waals surface area contributed by atoms with Gasteiger partial charge in [-0.1, -0.05) is 30.3 Å². The van der Waals surface area contributed by atoms with Crippen LogP contribution in [0, 0.1) is 6.92 Å². The van der Waals surface area contributed by atoms with Crippen LogP contribution in [-0.2, 0) is 9.53 Å². The van der Waals surface area contributed by atoms with Crippen molar-refractivity contribution < 1.29 is 19.4 Å². The fourth-order valence-corrected chi connectivity index (χ4v) is 3.84. The minimum atomic E-state index is -1.05. The van der Waals surface area contributed by atoms with E-state index < -0.39 is 12.1 Å². The third-order valence-electron chi connectivity index (χ3n) is 3.82. The van der Waals surface area contributed by atoms with Crippen molar-refractivity contribution in [3.05, 3.63) is 40.8 Å². The van der Waals surface area contributed by atoms with E-state index in [0.717, 1.165) is 16.9 Å². The second-order valence-corrected chi connectivity index (χ2v) is 6.62. The molecule has 1 saturated heterocycles. The Hall–Kier alpha value is -2.18. The van der Waals surface area contributed by atoms with Crippen molar-refractivity contribution in [1.29, 1.82) is 0 Å². The van der Waals surface area contributed by atoms with Gasteiger partial charge in [-0.05, 0) is 25.3 Å². The molecule has 2 aromatic rings. The topological polar surface area (TPSA) is 75.6 Å². The molecule has 3 rings (SSSR count). The van der Waals surface area contributed by atoms with Crippen LogP contribution in [0.1, 0.15) is 28.1 Å². The SMILES string of the molecule is Cc1sc(NC(=O)C2CCCO2)c(C(=O)O)c1-c1ccccc1. The van der Waals surface area contributed by atoms with E-state index in [1.54, 1.807) is 0 Å². The number of carboxylic acid groups (broad SMARTS) is 1. The largest absolute Gasteiger partial charge is 0.478 e. The second-order valence-electron chi connectivity index (χ2n) is 5.40. The highest BCUT2D eigenvalue weighted by Gasteiger charge is 2.28. The first-order chi connectivity index (χ1) is 11.1. The molecule has 2 heterocycles. The fraction of sp³-hybridized carbons (Fsp3) is 0.294. The minimum Gasteiger partial charge on any atom is -0.478 e. The van der Waals surface area contributed by atoms with Gasteiger partial charge in [-0.2, -0.15) is 0 Å². The molecular formula is C17H17NO4S. The van der Waals surface area contributed by atoms with E-state index in [2.05, 4.69) is 5.32 Å². The lowest BCUT2D eigenvalue weighted by atomic mass is 10.0. The molecule has 1 aliphatic heterocycles. The van der Waals surface area contributed by atoms with Gasteiger partial charge in [0.25, 0.3) is 5.91 Å². The third kappa shape index (κ3) is 3.13. The summed E-state index contributed by atoms with van der Waals surface area (Å²) >= 11 is 1.28. The van der Waals surface area contributed by atoms with Crippen molar-refractivity contribution in [2.24, 2.45) is 0 Å². The summed E-state index contributed by atoms with van der Waals surface area (Å²) in [4.78, 5) is 24.8. The van der Waals surface area contributed by atoms with Gasteiger partial charge in [-0.15, -0.1) is 11.3 Å². The van der Waals surface area contributed by atoms with Crippen molar-refractivity contribution in [3.8, 4) is 11.1 Å². The number of nitrogens with one attached hydrogen (secondary N) is 1. The molecule has 1 aromatic carbocycles. The zero-order valence-electron chi connectivity index (χ0n) is 12.7. The molecule has 1 aliphatic rings. The Labute approximate surface area is 137 Å². The number of carboxylic acids is 1. The summed E-state index contributed by atoms with van der Waals surface area (Å²) in [5, 5.41) is 12.7. The Morgan fingerprint density at radius 3 is 2.65 bits per heavy atom. The van der Waals surface area contributed by atoms with Crippen molar-refractivity contribution in [3.63, 3.8) is 0 Å². The zero-order chi connectivity index (χ0) is 16.4. The maximum absolute atomic E-state index is 12.2. The van der Waals surface area contributed by atoms with E-state index in [1.807, 2.05) is 37.3 Å². The van der Waals surface area contributed by atoms with E-state index in [4.69, 9.17) is 4.74 Å². The number of thiophene rings is 1. The van der Waals surface area contributed by atoms with Crippen LogP contribution in [0.3, 0.4) is 0 Å². The van der Waals surface area contributed by atoms with Crippen LogP contribution in [0.25, 0.3) is 11.1 Å². The van der Waals surface area contributed by atoms with Crippen LogP contribution < -0.4 is 5.32 Å². The Kier molecular flexibility index (Phi) is 4.45. The van der Waals surface area contributed by atoms with Crippen molar-refractivity contribution >= 4 is 28.2 Å². The highest BCUT2D eigenvalue weighted by Crippen LogP contribution is 2.40. The summed E-state index contributed by atoms with van der Waals surface area (Å²) in [5.41, 5.74) is 1.63. The first kappa shape index (κ1) is 15.7. The molecule has 0 spiro atoms. The molecule has 1 atom stereocenters. The summed E-state index contributed by atoms with van der Waals surface area (Å²) in [6.45, 7) is 2.43. The molecule has 0 saturated carbocycles. The molecule has 1 fully saturated rings. The molecule has 5 nitrogen and oxygen atoms in total. The number of hydrogen-bond acceptors (Lipinski definition) is 4. The van der Waals surface area contributed by atoms with Gasteiger partial charge in [0.05, 0.1) is 0 Å². The monoisotopic (exact) mass is 331 g/mol. The van der Waals surface area contributed by atoms with Gasteiger partial charge in [0, 0.05) is 17.0 Å². The number of benzene rings is 1. The van der Waals surface area contributed by atoms with Gasteiger partial charge >= 0.3 is 5.97 Å². The van der Waals surface area contributed by atoms with Gasteiger partial charge < -0.3 is 15.2 Å². The fourth-order valence-electron chi connectivity index (χ4n) is 2.77. The number of carbonyl (C=O) groups is 2. The van der Waals surface area contributed by atoms with E-state index in [-0.39, 0.29) is 11.5 Å². The van der Waals surface area contributed by atoms with E-state index in [9.17, 15) is 14.7 Å². The van der Waals surface area contributed by atoms with Crippen LogP contribution in [0.15, 0.2) is 30.3 Å². The number of ether oxygens (including phenoxy) is 1. The molecular weight excluding hydrogens is 314 g/mol. The van der Waals surface area contributed by atoms with Crippen molar-refractivity contribution in [2.45, 2.75) is 25.9 Å². The Morgan fingerprint density at radius 2 is 2.04 bits per heavy atom. The highest BCUT2D eigenvalue weighted by atomic mass is 32.1. The zero-order valence-corrected chi connectivity index (χ0v) is 13.5. The number of amides is 1. The summed E-state index contributed by atoms with van der Waals surface area (Å²) < 4.78 is 5.35. The molecule has 1 unspecified atom stereocenters. The van der Waals surface area contributed by atoms with Gasteiger partial charge in [0.2, 0.25) is 0 Å². The number of hydrogen-bond donors (Lipinski definition) is 2. The van der Waals surface area contributed by atoms with Crippen molar-refractivity contribution in [2.75, 3.05) is 11.9 Å². The summed E-state index contributed by atoms with van der Waals surface area (Å²) in [6.07, 6.45) is 1.03. The average Bonchev–Trinajstić information content (AvgIpc) is 3.16. The Bertz CT molecular complexity index is 733. The second kappa shape index (κ2) is 6.52. The summed E-state index contributed by atoms with van der Waals surface area (Å²) in [5.74, 6) is -1.32. The lowest BCUT2D eigenvalue weighted by molar-refractivity contribution is -0.124. The van der Waals surface area contributed by atoms with Crippen LogP contribution in [-0.4, -0.2) is 29.7 Å². The molecule has 120 valence electrons. The standard InChI is InChI=1S/C17H17NO4S/c1-10-13(11-6-3-2-4-7-11)14(17(20)21)16(23-10)18-15(19)12-8-5-9-22-12/h2-4,6-7,12H,5,8-9H2,1H3,(H,18,19)(H,20,21). The number of aryl methyl sites for hydroxylation is 1. The average molecular weight is 331 g/mol. The number of anilines is 1. The molecule has 23 heavy (non-hydrogen) atoms. The third-order valence-corrected chi connectivity index (χ3v) is 4.84. The quantitative estimate of drug-likeness (QED) is 0.898. The van der Waals surface area contributed by atoms with Gasteiger partial charge in [0.1, 0.15) is 16.7 Å². The Balaban J connectivity index is 1.98. The first-order valence-corrected chi connectivity index (χ1v) is 8.24. The predicted molar refractivity (Wildman–Crippen MR) is 89.1 cm³/mol. The van der Waals surface area contributed by atoms with Crippen LogP contribution in [0.2, 0.25) is 0 Å². The summed E-state index contributed by atoms with van der Waals surface area (Å²) in [7, 11) is 0. The van der Waals surface area contributed by atoms with Crippen LogP contribution in [0.4, 0.5) is 5.00 Å². The highest BCUT2D eigenvalue weighted by molar-refractivity contribution is 7.17. The van der Waals surface area contributed by atoms with Gasteiger partial charge in [0.15, 0.2) is 0 Å². The van der Waals surface area contributed by atoms with Gasteiger partial charge in [-0.25, -0.2) is 4.79 Å². The molecule has 1 aromatic heterocycles. The van der Waals surface area contributed by atoms with Crippen molar-refractivity contribution in [1.82, 2.24) is 0 Å². The van der Waals surface area contributed by atoms with E-state index in [1.165, 1.54) is 11.3 Å². The van der Waals surface area contributed by atoms with Crippen LogP contribution >= 0.6 is 11.3 Å². The van der Waals surface area contributed by atoms with Gasteiger partial charge in [-0.3, -0.25) is 4.79 Å². The molecule has 0 bridgehead atoms.